The Labute approximate surface area is 778 Å². The third-order valence-corrected chi connectivity index (χ3v) is 19.7. The van der Waals surface area contributed by atoms with Crippen LogP contribution in [0.1, 0.15) is 127 Å². The molecule has 1 fully saturated rings. The average Bonchev–Trinajstić information content (AvgIpc) is 1.72. The number of para-hydroxylation sites is 3. The van der Waals surface area contributed by atoms with Crippen LogP contribution >= 0.6 is 61.1 Å². The number of hydrogen-bond acceptors (Lipinski definition) is 23. The Morgan fingerprint density at radius 1 is 0.429 bits per heavy atom. The van der Waals surface area contributed by atoms with E-state index in [-0.39, 0.29) is 115 Å². The van der Waals surface area contributed by atoms with Gasteiger partial charge >= 0.3 is 0 Å². The number of hydrogen-bond donors (Lipinski definition) is 10. The number of anilines is 8. The predicted octanol–water partition coefficient (Wildman–Crippen LogP) is 17.2. The van der Waals surface area contributed by atoms with Gasteiger partial charge in [-0.1, -0.05) is 111 Å². The van der Waals surface area contributed by atoms with E-state index in [1.165, 1.54) is 30.3 Å². The SMILES string of the molecule is CCCCNc1cc(C(=O)S)cc(NS(=O)[O-])c1Oc1ccccc1.O=C(S)c1cc(NS(=O)[O-])c(Cl)cc1CCc1ccco1.O=C(S)c1cc(NS(=O)[O-])c(Oc2ccccc2)c(N2CCCC2)c1.[CH2-]C(=O)c1cc(NCCCC)c(Oc2ccccc2)c(NS(=O)[O-])c1.[CH2-]C(=O)c1cc(NS(=O)[O-])c(Cl)cc1CCc1ccco1.[Y].[Y]. The van der Waals surface area contributed by atoms with Crippen LogP contribution in [0.4, 0.5) is 45.5 Å². The molecule has 0 amide bonds. The van der Waals surface area contributed by atoms with Crippen molar-refractivity contribution in [2.24, 2.45) is 0 Å². The van der Waals surface area contributed by atoms with Gasteiger partial charge in [0.25, 0.3) is 0 Å². The molecule has 7 N–H and O–H groups in total. The molecule has 5 atom stereocenters. The Morgan fingerprint density at radius 2 is 0.773 bits per heavy atom. The number of carbonyl (C=O) groups excluding carboxylic acids is 5. The second kappa shape index (κ2) is 53.5. The number of rotatable bonds is 36. The smallest absolute Gasteiger partial charge is 0.216 e. The van der Waals surface area contributed by atoms with E-state index in [1.54, 1.807) is 91.4 Å². The zero-order valence-corrected chi connectivity index (χ0v) is 77.6. The molecular formula is C79H79Cl2N8O20S8Y2-7. The van der Waals surface area contributed by atoms with Gasteiger partial charge in [-0.25, -0.2) is 0 Å². The summed E-state index contributed by atoms with van der Waals surface area (Å²) < 4.78 is 149. The van der Waals surface area contributed by atoms with Crippen molar-refractivity contribution < 1.29 is 156 Å². The molecule has 1 aliphatic rings. The predicted molar refractivity (Wildman–Crippen MR) is 464 cm³/mol. The van der Waals surface area contributed by atoms with Gasteiger partial charge in [0, 0.05) is 195 Å². The van der Waals surface area contributed by atoms with Crippen LogP contribution < -0.4 is 53.4 Å². The van der Waals surface area contributed by atoms with E-state index in [4.69, 9.17) is 46.2 Å². The van der Waals surface area contributed by atoms with Gasteiger partial charge in [0.15, 0.2) is 17.2 Å². The minimum Gasteiger partial charge on any atom is -0.755 e. The first-order valence-electron chi connectivity index (χ1n) is 35.4. The first-order chi connectivity index (χ1) is 56.0. The van der Waals surface area contributed by atoms with Gasteiger partial charge in [-0.05, 0) is 141 Å². The summed E-state index contributed by atoms with van der Waals surface area (Å²) in [4.78, 5) is 60.4. The molecule has 119 heavy (non-hydrogen) atoms. The fourth-order valence-electron chi connectivity index (χ4n) is 11.0. The van der Waals surface area contributed by atoms with Gasteiger partial charge in [0.1, 0.15) is 28.8 Å². The van der Waals surface area contributed by atoms with E-state index in [1.807, 2.05) is 66.7 Å². The summed E-state index contributed by atoms with van der Waals surface area (Å²) in [7, 11) is 0. The number of unbranched alkanes of at least 4 members (excludes halogenated alkanes) is 2. The van der Waals surface area contributed by atoms with Crippen LogP contribution in [-0.2, 0) is 147 Å². The fraction of sp³-hybridized carbons (Fsp3) is 0.203. The Morgan fingerprint density at radius 3 is 1.13 bits per heavy atom. The van der Waals surface area contributed by atoms with Gasteiger partial charge in [-0.2, -0.15) is 13.8 Å². The number of carbonyl (C=O) groups is 5. The third-order valence-electron chi connectivity index (χ3n) is 16.4. The van der Waals surface area contributed by atoms with Crippen molar-refractivity contribution >= 4 is 190 Å². The van der Waals surface area contributed by atoms with Crippen molar-refractivity contribution in [1.29, 1.82) is 0 Å². The number of ketones is 2. The first-order valence-corrected chi connectivity index (χ1v) is 42.8. The van der Waals surface area contributed by atoms with Crippen LogP contribution in [0, 0.1) is 13.8 Å². The Hall–Kier alpha value is -7.40. The Balaban J connectivity index is 0.000000264. The molecule has 11 rings (SSSR count). The molecule has 2 radical (unpaired) electrons. The zero-order chi connectivity index (χ0) is 85.1. The van der Waals surface area contributed by atoms with Crippen molar-refractivity contribution in [3.63, 3.8) is 0 Å². The Kier molecular flexibility index (Phi) is 45.9. The molecule has 0 saturated carbocycles. The van der Waals surface area contributed by atoms with Crippen molar-refractivity contribution in [2.45, 2.75) is 78.1 Å². The van der Waals surface area contributed by atoms with E-state index < -0.39 is 83.2 Å². The average molecular weight is 1970 g/mol. The van der Waals surface area contributed by atoms with Gasteiger partial charge in [0.2, 0.25) is 15.3 Å². The topological polar surface area (TPSA) is 427 Å². The summed E-state index contributed by atoms with van der Waals surface area (Å²) in [5, 5.41) is 5.46. The third kappa shape index (κ3) is 34.8. The fourth-order valence-corrected chi connectivity index (χ4v) is 13.8. The van der Waals surface area contributed by atoms with Crippen molar-refractivity contribution in [3.8, 4) is 34.5 Å². The maximum Gasteiger partial charge on any atom is 0.216 e. The van der Waals surface area contributed by atoms with Crippen molar-refractivity contribution in [3.05, 3.63) is 263 Å². The van der Waals surface area contributed by atoms with E-state index in [2.05, 4.69) is 105 Å². The molecule has 2 aromatic heterocycles. The van der Waals surface area contributed by atoms with E-state index >= 15 is 0 Å². The molecule has 28 nitrogen and oxygen atoms in total. The number of furan rings is 2. The van der Waals surface area contributed by atoms with Crippen molar-refractivity contribution in [2.75, 3.05) is 65.3 Å². The van der Waals surface area contributed by atoms with Crippen LogP contribution in [0.15, 0.2) is 197 Å². The van der Waals surface area contributed by atoms with Gasteiger partial charge < -0.3 is 94.5 Å². The number of benzene rings is 8. The van der Waals surface area contributed by atoms with E-state index in [0.717, 1.165) is 63.1 Å². The van der Waals surface area contributed by atoms with Crippen LogP contribution in [0.5, 0.6) is 34.5 Å². The first kappa shape index (κ1) is 102. The van der Waals surface area contributed by atoms with Crippen LogP contribution in [0.2, 0.25) is 10.0 Å². The second-order valence-electron chi connectivity index (χ2n) is 24.8. The van der Waals surface area contributed by atoms with E-state index in [9.17, 15) is 67.8 Å². The maximum absolute atomic E-state index is 11.7. The van der Waals surface area contributed by atoms with Gasteiger partial charge in [0.05, 0.1) is 62.4 Å². The molecule has 10 aromatic rings. The summed E-state index contributed by atoms with van der Waals surface area (Å²) in [6.45, 7) is 13.8. The molecule has 5 unspecified atom stereocenters. The molecule has 8 aromatic carbocycles. The number of halogens is 2. The van der Waals surface area contributed by atoms with Crippen LogP contribution in [0.3, 0.4) is 0 Å². The van der Waals surface area contributed by atoms with Crippen molar-refractivity contribution in [1.82, 2.24) is 0 Å². The number of ether oxygens (including phenoxy) is 3. The second-order valence-corrected chi connectivity index (χ2v) is 30.2. The number of nitrogens with zero attached hydrogens (tertiary/aromatic N) is 1. The minimum atomic E-state index is -2.57. The molecule has 3 heterocycles. The quantitative estimate of drug-likeness (QED) is 0.00573. The molecule has 40 heteroatoms. The molecule has 0 bridgehead atoms. The normalized spacial score (nSPS) is 12.3. The standard InChI is InChI=1S/C18H21N2O4S.C17H18N2O4S2.C17H20N2O4S2.C14H13ClNO4S.C13H12ClNO4S2.2Y/c1-3-4-10-19-16-11-14(13(2)21)12-17(20-25(22)23)18(16)24-15-8-6-5-7-9-15;20-17(24)12-10-14(18-25(21)22)16(23-13-6-2-1-3-7-13)15(11-12)19-8-4-5-9-19;1-2-3-9-18-14-10-12(17(20)24)11-15(19-25(21)22)16(14)23-13-7-5-4-6-8-13;1-9(17)12-8-14(16-21(18)19)13(15)7-10(12)4-5-11-3-2-6-20-11;14-11-6-8(3-4-9-2-1-5-19-9)10(13(16)20)7-12(11)15-21(17)18;;/h5-9,11-12,19-20H,2-4,10H2,1H3,(H,22,23);1-3,6-7,10-11,18H,4-5,8-9H2,(H,20,24)(H,21,22);4-8,10-11,18-19H,2-3,9H2,1H3,(H,20,24)(H,21,22);2-3,6-8,16H,1,4-5H2,(H,18,19);1-2,5-7,15H,3-4H2,(H,16,20)(H,17,18);;/q-1;;;-1;;;/p-5. The summed E-state index contributed by atoms with van der Waals surface area (Å²) in [5.41, 5.74) is 5.42. The maximum atomic E-state index is 11.7. The van der Waals surface area contributed by atoms with Gasteiger partial charge in [-0.15, -0.1) is 72.8 Å². The molecule has 0 spiro atoms. The number of Topliss-reactive ketones (excluding diaryl/α,β-unsaturated/α-hetero) is 2. The van der Waals surface area contributed by atoms with Gasteiger partial charge in [-0.3, -0.25) is 35.4 Å². The largest absolute Gasteiger partial charge is 0.755 e. The summed E-state index contributed by atoms with van der Waals surface area (Å²) in [6, 6.07) is 49.3. The summed E-state index contributed by atoms with van der Waals surface area (Å²) in [6.07, 6.45) is 11.3. The molecule has 1 saturated heterocycles. The molecule has 1 aliphatic heterocycles. The summed E-state index contributed by atoms with van der Waals surface area (Å²) in [5.74, 6) is 3.40. The van der Waals surface area contributed by atoms with Crippen LogP contribution in [-0.4, -0.2) is 96.9 Å². The Bertz CT molecular complexity index is 4870. The molecule has 630 valence electrons. The monoisotopic (exact) mass is 1960 g/mol. The zero-order valence-electron chi connectivity index (χ0n) is 63.6. The number of aryl methyl sites for hydroxylation is 4. The minimum absolute atomic E-state index is 0. The van der Waals surface area contributed by atoms with Crippen LogP contribution in [0.25, 0.3) is 0 Å². The number of nitrogens with one attached hydrogen (secondary N) is 7. The summed E-state index contributed by atoms with van der Waals surface area (Å²) >= 11 is 10.8. The van der Waals surface area contributed by atoms with E-state index in [0.29, 0.717) is 118 Å². The molecule has 0 aliphatic carbocycles. The molecular weight excluding hydrogens is 1890 g/mol. The number of thiol groups is 3.